The number of carbonyl (C=O) groups excluding carboxylic acids is 1. The molecule has 8 heteroatoms. The molecule has 0 spiro atoms. The van der Waals surface area contributed by atoms with Crippen molar-refractivity contribution in [1.82, 2.24) is 5.32 Å². The lowest BCUT2D eigenvalue weighted by molar-refractivity contribution is 0.0936. The van der Waals surface area contributed by atoms with Crippen LogP contribution in [-0.4, -0.2) is 46.4 Å². The first-order valence-electron chi connectivity index (χ1n) is 8.78. The molecule has 2 aromatic rings. The fourth-order valence-electron chi connectivity index (χ4n) is 3.38. The van der Waals surface area contributed by atoms with Gasteiger partial charge >= 0.3 is 0 Å². The number of ether oxygens (including phenoxy) is 3. The number of amides is 1. The minimum absolute atomic E-state index is 0.185. The van der Waals surface area contributed by atoms with Crippen LogP contribution in [0.25, 0.3) is 0 Å². The molecule has 0 aliphatic carbocycles. The van der Waals surface area contributed by atoms with Gasteiger partial charge in [-0.25, -0.2) is 8.78 Å². The number of nitrogens with zero attached hydrogens (tertiary/aromatic N) is 1. The Balaban J connectivity index is 1.74. The van der Waals surface area contributed by atoms with Gasteiger partial charge in [-0.2, -0.15) is 0 Å². The van der Waals surface area contributed by atoms with Crippen LogP contribution in [0.5, 0.6) is 17.2 Å². The Morgan fingerprint density at radius 2 is 1.82 bits per heavy atom. The molecule has 2 aromatic carbocycles. The molecule has 1 heterocycles. The molecule has 28 heavy (non-hydrogen) atoms. The predicted octanol–water partition coefficient (Wildman–Crippen LogP) is 3.00. The van der Waals surface area contributed by atoms with E-state index in [2.05, 4.69) is 5.32 Å². The number of benzene rings is 2. The molecular weight excluding hydrogens is 370 g/mol. The first-order valence-corrected chi connectivity index (χ1v) is 8.78. The lowest BCUT2D eigenvalue weighted by Crippen LogP contribution is -2.37. The van der Waals surface area contributed by atoms with Gasteiger partial charge in [0.25, 0.3) is 5.91 Å². The van der Waals surface area contributed by atoms with Crippen molar-refractivity contribution in [3.63, 3.8) is 0 Å². The number of halogens is 2. The maximum Gasteiger partial charge on any atom is 0.255 e. The van der Waals surface area contributed by atoms with Crippen LogP contribution in [0.15, 0.2) is 30.3 Å². The molecule has 3 rings (SSSR count). The minimum Gasteiger partial charge on any atom is -0.493 e. The Morgan fingerprint density at radius 3 is 2.46 bits per heavy atom. The van der Waals surface area contributed by atoms with E-state index >= 15 is 0 Å². The van der Waals surface area contributed by atoms with Gasteiger partial charge in [0, 0.05) is 25.2 Å². The summed E-state index contributed by atoms with van der Waals surface area (Å²) >= 11 is 0. The van der Waals surface area contributed by atoms with Crippen molar-refractivity contribution in [1.29, 1.82) is 0 Å². The molecule has 0 radical (unpaired) electrons. The number of carbonyl (C=O) groups is 1. The normalized spacial score (nSPS) is 16.0. The maximum absolute atomic E-state index is 14.0. The predicted molar refractivity (Wildman–Crippen MR) is 101 cm³/mol. The molecule has 1 N–H and O–H groups in total. The molecule has 0 bridgehead atoms. The second-order valence-corrected chi connectivity index (χ2v) is 6.38. The molecule has 6 nitrogen and oxygen atoms in total. The number of rotatable bonds is 6. The van der Waals surface area contributed by atoms with E-state index in [4.69, 9.17) is 14.2 Å². The largest absolute Gasteiger partial charge is 0.493 e. The van der Waals surface area contributed by atoms with Gasteiger partial charge in [0.2, 0.25) is 5.75 Å². The van der Waals surface area contributed by atoms with Crippen molar-refractivity contribution in [2.24, 2.45) is 0 Å². The SMILES string of the molecule is COc1ccc(C(=O)NC2CCN(c3ccc(F)cc3F)C2)c(OC)c1OC. The van der Waals surface area contributed by atoms with Crippen molar-refractivity contribution in [2.75, 3.05) is 39.3 Å². The fraction of sp³-hybridized carbons (Fsp3) is 0.350. The van der Waals surface area contributed by atoms with Crippen LogP contribution >= 0.6 is 0 Å². The second kappa shape index (κ2) is 8.33. The highest BCUT2D eigenvalue weighted by Crippen LogP contribution is 2.39. The summed E-state index contributed by atoms with van der Waals surface area (Å²) in [5.41, 5.74) is 0.633. The van der Waals surface area contributed by atoms with Gasteiger partial charge < -0.3 is 24.4 Å². The van der Waals surface area contributed by atoms with E-state index in [0.29, 0.717) is 42.3 Å². The third-order valence-electron chi connectivity index (χ3n) is 4.72. The zero-order valence-electron chi connectivity index (χ0n) is 15.9. The van der Waals surface area contributed by atoms with Gasteiger partial charge in [-0.15, -0.1) is 0 Å². The Kier molecular flexibility index (Phi) is 5.87. The number of hydrogen-bond acceptors (Lipinski definition) is 5. The average Bonchev–Trinajstić information content (AvgIpc) is 3.14. The number of anilines is 1. The molecule has 0 saturated carbocycles. The van der Waals surface area contributed by atoms with Crippen molar-refractivity contribution >= 4 is 11.6 Å². The topological polar surface area (TPSA) is 60.0 Å². The highest BCUT2D eigenvalue weighted by molar-refractivity contribution is 5.98. The van der Waals surface area contributed by atoms with Crippen LogP contribution in [0.1, 0.15) is 16.8 Å². The monoisotopic (exact) mass is 392 g/mol. The molecule has 1 aliphatic rings. The molecule has 150 valence electrons. The molecule has 0 aromatic heterocycles. The van der Waals surface area contributed by atoms with E-state index in [1.165, 1.54) is 33.5 Å². The van der Waals surface area contributed by atoms with Crippen molar-refractivity contribution in [2.45, 2.75) is 12.5 Å². The van der Waals surface area contributed by atoms with Gasteiger partial charge in [-0.1, -0.05) is 0 Å². The summed E-state index contributed by atoms with van der Waals surface area (Å²) in [4.78, 5) is 14.6. The number of methoxy groups -OCH3 is 3. The molecule has 1 atom stereocenters. The van der Waals surface area contributed by atoms with E-state index < -0.39 is 11.6 Å². The summed E-state index contributed by atoms with van der Waals surface area (Å²) in [5, 5.41) is 2.94. The van der Waals surface area contributed by atoms with Gasteiger partial charge in [0.1, 0.15) is 11.6 Å². The molecule has 1 unspecified atom stereocenters. The highest BCUT2D eigenvalue weighted by atomic mass is 19.1. The second-order valence-electron chi connectivity index (χ2n) is 6.38. The summed E-state index contributed by atoms with van der Waals surface area (Å²) in [6.45, 7) is 0.973. The van der Waals surface area contributed by atoms with Crippen molar-refractivity contribution in [3.8, 4) is 17.2 Å². The Morgan fingerprint density at radius 1 is 1.07 bits per heavy atom. The smallest absolute Gasteiger partial charge is 0.255 e. The van der Waals surface area contributed by atoms with Crippen LogP contribution in [0.3, 0.4) is 0 Å². The van der Waals surface area contributed by atoms with Crippen LogP contribution in [-0.2, 0) is 0 Å². The summed E-state index contributed by atoms with van der Waals surface area (Å²) in [5.74, 6) is -0.504. The molecule has 1 fully saturated rings. The minimum atomic E-state index is -0.620. The lowest BCUT2D eigenvalue weighted by atomic mass is 10.1. The van der Waals surface area contributed by atoms with E-state index in [-0.39, 0.29) is 17.7 Å². The quantitative estimate of drug-likeness (QED) is 0.819. The van der Waals surface area contributed by atoms with Crippen LogP contribution < -0.4 is 24.4 Å². The van der Waals surface area contributed by atoms with Gasteiger partial charge in [0.05, 0.1) is 32.6 Å². The summed E-state index contributed by atoms with van der Waals surface area (Å²) in [7, 11) is 4.41. The molecule has 1 amide bonds. The standard InChI is InChI=1S/C20H22F2N2O4/c1-26-17-7-5-14(18(27-2)19(17)28-3)20(25)23-13-8-9-24(11-13)16-6-4-12(21)10-15(16)22/h4-7,10,13H,8-9,11H2,1-3H3,(H,23,25). The number of nitrogens with one attached hydrogen (secondary N) is 1. The highest BCUT2D eigenvalue weighted by Gasteiger charge is 2.28. The van der Waals surface area contributed by atoms with Gasteiger partial charge in [-0.3, -0.25) is 4.79 Å². The third-order valence-corrected chi connectivity index (χ3v) is 4.72. The maximum atomic E-state index is 14.0. The van der Waals surface area contributed by atoms with E-state index in [0.717, 1.165) is 6.07 Å². The average molecular weight is 392 g/mol. The van der Waals surface area contributed by atoms with Crippen LogP contribution in [0.2, 0.25) is 0 Å². The number of hydrogen-bond donors (Lipinski definition) is 1. The fourth-order valence-corrected chi connectivity index (χ4v) is 3.38. The van der Waals surface area contributed by atoms with Gasteiger partial charge in [0.15, 0.2) is 11.5 Å². The van der Waals surface area contributed by atoms with Gasteiger partial charge in [-0.05, 0) is 30.7 Å². The van der Waals surface area contributed by atoms with Crippen LogP contribution in [0.4, 0.5) is 14.5 Å². The van der Waals surface area contributed by atoms with Crippen molar-refractivity contribution < 1.29 is 27.8 Å². The molecule has 1 aliphatic heterocycles. The zero-order chi connectivity index (χ0) is 20.3. The lowest BCUT2D eigenvalue weighted by Gasteiger charge is -2.20. The summed E-state index contributed by atoms with van der Waals surface area (Å²) < 4.78 is 43.0. The van der Waals surface area contributed by atoms with E-state index in [1.54, 1.807) is 17.0 Å². The van der Waals surface area contributed by atoms with Crippen LogP contribution in [0, 0.1) is 11.6 Å². The zero-order valence-corrected chi connectivity index (χ0v) is 15.9. The third kappa shape index (κ3) is 3.81. The van der Waals surface area contributed by atoms with Crippen molar-refractivity contribution in [3.05, 3.63) is 47.5 Å². The van der Waals surface area contributed by atoms with E-state index in [9.17, 15) is 13.6 Å². The Labute approximate surface area is 162 Å². The first-order chi connectivity index (χ1) is 13.5. The molecule has 1 saturated heterocycles. The van der Waals surface area contributed by atoms with E-state index in [1.807, 2.05) is 0 Å². The summed E-state index contributed by atoms with van der Waals surface area (Å²) in [6.07, 6.45) is 0.637. The first kappa shape index (κ1) is 19.7. The Hall–Kier alpha value is -3.03. The summed E-state index contributed by atoms with van der Waals surface area (Å²) in [6, 6.07) is 6.53. The molecular formula is C20H22F2N2O4. The Bertz CT molecular complexity index is 876.